The first-order chi connectivity index (χ1) is 18.2. The molecule has 1 aromatic heterocycles. The highest BCUT2D eigenvalue weighted by Gasteiger charge is 2.34. The largest absolute Gasteiger partial charge is 0.367 e. The van der Waals surface area contributed by atoms with Gasteiger partial charge in [0.1, 0.15) is 0 Å². The van der Waals surface area contributed by atoms with Crippen LogP contribution in [0.5, 0.6) is 0 Å². The zero-order chi connectivity index (χ0) is 25.5. The average molecular weight is 527 g/mol. The molecule has 0 spiro atoms. The summed E-state index contributed by atoms with van der Waals surface area (Å²) in [5, 5.41) is 14.6. The van der Waals surface area contributed by atoms with Gasteiger partial charge in [-0.1, -0.05) is 68.9 Å². The Hall–Kier alpha value is -2.00. The number of urea groups is 1. The number of anilines is 1. The van der Waals surface area contributed by atoms with Crippen LogP contribution < -0.4 is 5.32 Å². The fraction of sp³-hybridized carbons (Fsp3) is 0.655. The summed E-state index contributed by atoms with van der Waals surface area (Å²) in [7, 11) is 0. The summed E-state index contributed by atoms with van der Waals surface area (Å²) in [6.07, 6.45) is 15.0. The highest BCUT2D eigenvalue weighted by atomic mass is 32.1. The quantitative estimate of drug-likeness (QED) is 0.384. The van der Waals surface area contributed by atoms with E-state index in [1.807, 2.05) is 36.5 Å². The normalized spacial score (nSPS) is 22.7. The molecule has 8 heteroatoms. The SMILES string of the molecule is O=C(Nc1ncc(CN2CCC[C@@H]2C(O)OCc2ccccc2)s1)N(C1CCCCC1)C1CCCCC1. The molecular formula is C29H42N4O3S. The molecule has 2 heterocycles. The second-order valence-corrected chi connectivity index (χ2v) is 12.0. The second-order valence-electron chi connectivity index (χ2n) is 10.9. The van der Waals surface area contributed by atoms with Gasteiger partial charge in [0.25, 0.3) is 0 Å². The van der Waals surface area contributed by atoms with Gasteiger partial charge in [-0.25, -0.2) is 9.78 Å². The molecule has 2 aromatic rings. The van der Waals surface area contributed by atoms with Crippen LogP contribution in [0.4, 0.5) is 9.93 Å². The molecule has 2 aliphatic carbocycles. The fourth-order valence-electron chi connectivity index (χ4n) is 6.38. The first kappa shape index (κ1) is 26.6. The van der Waals surface area contributed by atoms with E-state index in [1.165, 1.54) is 38.5 Å². The highest BCUT2D eigenvalue weighted by Crippen LogP contribution is 2.32. The lowest BCUT2D eigenvalue weighted by atomic mass is 9.89. The minimum absolute atomic E-state index is 0.0306. The molecule has 2 saturated carbocycles. The summed E-state index contributed by atoms with van der Waals surface area (Å²) in [5.41, 5.74) is 1.06. The van der Waals surface area contributed by atoms with Crippen molar-refractivity contribution in [2.45, 2.75) is 115 Å². The highest BCUT2D eigenvalue weighted by molar-refractivity contribution is 7.15. The minimum Gasteiger partial charge on any atom is -0.367 e. The van der Waals surface area contributed by atoms with E-state index in [4.69, 9.17) is 4.74 Å². The number of rotatable bonds is 9. The lowest BCUT2D eigenvalue weighted by molar-refractivity contribution is -0.145. The van der Waals surface area contributed by atoms with Crippen LogP contribution in [-0.4, -0.2) is 56.9 Å². The molecule has 2 N–H and O–H groups in total. The molecule has 0 bridgehead atoms. The number of carbonyl (C=O) groups excluding carboxylic acids is 1. The third kappa shape index (κ3) is 7.11. The van der Waals surface area contributed by atoms with E-state index in [0.29, 0.717) is 30.4 Å². The number of likely N-dealkylation sites (tertiary alicyclic amines) is 1. The number of ether oxygens (including phenoxy) is 1. The lowest BCUT2D eigenvalue weighted by Gasteiger charge is -2.41. The number of aliphatic hydroxyl groups is 1. The van der Waals surface area contributed by atoms with Gasteiger partial charge < -0.3 is 14.7 Å². The van der Waals surface area contributed by atoms with E-state index in [0.717, 1.165) is 55.5 Å². The van der Waals surface area contributed by atoms with E-state index in [1.54, 1.807) is 11.3 Å². The standard InChI is InChI=1S/C29H42N4O3S/c34-27(36-21-22-11-4-1-5-12-22)26-17-10-18-32(26)20-25-19-30-28(37-25)31-29(35)33(23-13-6-2-7-14-23)24-15-8-3-9-16-24/h1,4-5,11-12,19,23-24,26-27,34H,2-3,6-10,13-18,20-21H2,(H,30,31,35)/t26-,27?/m1/s1. The molecule has 7 nitrogen and oxygen atoms in total. The van der Waals surface area contributed by atoms with Crippen molar-refractivity contribution in [3.05, 3.63) is 47.0 Å². The molecule has 5 rings (SSSR count). The van der Waals surface area contributed by atoms with Crippen LogP contribution in [0.2, 0.25) is 0 Å². The molecule has 1 aliphatic heterocycles. The molecule has 1 aromatic carbocycles. The molecule has 2 amide bonds. The Bertz CT molecular complexity index is 957. The minimum atomic E-state index is -0.825. The molecule has 1 unspecified atom stereocenters. The topological polar surface area (TPSA) is 77.9 Å². The van der Waals surface area contributed by atoms with Crippen LogP contribution in [0, 0.1) is 0 Å². The number of hydrogen-bond donors (Lipinski definition) is 2. The Morgan fingerprint density at radius 3 is 2.38 bits per heavy atom. The van der Waals surface area contributed by atoms with Gasteiger partial charge in [-0.2, -0.15) is 0 Å². The summed E-state index contributed by atoms with van der Waals surface area (Å²) in [6.45, 7) is 2.04. The molecule has 2 atom stereocenters. The lowest BCUT2D eigenvalue weighted by Crippen LogP contribution is -2.50. The Morgan fingerprint density at radius 1 is 1.03 bits per heavy atom. The molecule has 1 saturated heterocycles. The second kappa shape index (κ2) is 13.2. The smallest absolute Gasteiger partial charge is 0.324 e. The first-order valence-electron chi connectivity index (χ1n) is 14.3. The van der Waals surface area contributed by atoms with Gasteiger partial charge in [-0.3, -0.25) is 10.2 Å². The average Bonchev–Trinajstić information content (AvgIpc) is 3.59. The maximum absolute atomic E-state index is 13.5. The van der Waals surface area contributed by atoms with Crippen molar-refractivity contribution >= 4 is 22.5 Å². The van der Waals surface area contributed by atoms with Crippen molar-refractivity contribution in [3.8, 4) is 0 Å². The van der Waals surface area contributed by atoms with Crippen LogP contribution in [-0.2, 0) is 17.9 Å². The van der Waals surface area contributed by atoms with Crippen LogP contribution in [0.15, 0.2) is 36.5 Å². The summed E-state index contributed by atoms with van der Waals surface area (Å²) in [6, 6.07) is 10.7. The van der Waals surface area contributed by atoms with Crippen molar-refractivity contribution in [1.82, 2.24) is 14.8 Å². The number of thiazole rings is 1. The summed E-state index contributed by atoms with van der Waals surface area (Å²) in [5.74, 6) is 0. The van der Waals surface area contributed by atoms with Crippen molar-refractivity contribution in [1.29, 1.82) is 0 Å². The number of hydrogen-bond acceptors (Lipinski definition) is 6. The maximum Gasteiger partial charge on any atom is 0.324 e. The summed E-state index contributed by atoms with van der Waals surface area (Å²) in [4.78, 5) is 23.6. The van der Waals surface area contributed by atoms with Gasteiger partial charge in [-0.15, -0.1) is 11.3 Å². The van der Waals surface area contributed by atoms with Crippen molar-refractivity contribution < 1.29 is 14.6 Å². The number of nitrogens with zero attached hydrogens (tertiary/aromatic N) is 3. The molecular weight excluding hydrogens is 484 g/mol. The van der Waals surface area contributed by atoms with Gasteiger partial charge in [0.05, 0.1) is 12.6 Å². The van der Waals surface area contributed by atoms with E-state index in [-0.39, 0.29) is 12.1 Å². The zero-order valence-electron chi connectivity index (χ0n) is 21.9. The van der Waals surface area contributed by atoms with Gasteiger partial charge in [0, 0.05) is 29.7 Å². The predicted molar refractivity (Wildman–Crippen MR) is 147 cm³/mol. The third-order valence-electron chi connectivity index (χ3n) is 8.30. The van der Waals surface area contributed by atoms with Gasteiger partial charge in [-0.05, 0) is 50.6 Å². The Balaban J connectivity index is 1.17. The Morgan fingerprint density at radius 2 is 1.70 bits per heavy atom. The van der Waals surface area contributed by atoms with Crippen LogP contribution in [0.1, 0.15) is 87.5 Å². The van der Waals surface area contributed by atoms with Crippen molar-refractivity contribution in [2.24, 2.45) is 0 Å². The van der Waals surface area contributed by atoms with E-state index >= 15 is 0 Å². The third-order valence-corrected chi connectivity index (χ3v) is 9.20. The molecule has 202 valence electrons. The number of aromatic nitrogens is 1. The molecule has 37 heavy (non-hydrogen) atoms. The van der Waals surface area contributed by atoms with E-state index in [2.05, 4.69) is 20.1 Å². The number of benzene rings is 1. The van der Waals surface area contributed by atoms with Gasteiger partial charge in [0.15, 0.2) is 11.4 Å². The number of nitrogens with one attached hydrogen (secondary N) is 1. The number of aliphatic hydroxyl groups excluding tert-OH is 1. The monoisotopic (exact) mass is 526 g/mol. The van der Waals surface area contributed by atoms with Gasteiger partial charge >= 0.3 is 6.03 Å². The summed E-state index contributed by atoms with van der Waals surface area (Å²) < 4.78 is 5.82. The van der Waals surface area contributed by atoms with Crippen molar-refractivity contribution in [3.63, 3.8) is 0 Å². The van der Waals surface area contributed by atoms with Gasteiger partial charge in [0.2, 0.25) is 0 Å². The molecule has 0 radical (unpaired) electrons. The van der Waals surface area contributed by atoms with E-state index in [9.17, 15) is 9.90 Å². The Kier molecular flexibility index (Phi) is 9.48. The fourth-order valence-corrected chi connectivity index (χ4v) is 7.21. The zero-order valence-corrected chi connectivity index (χ0v) is 22.7. The van der Waals surface area contributed by atoms with E-state index < -0.39 is 6.29 Å². The van der Waals surface area contributed by atoms with Crippen molar-refractivity contribution in [2.75, 3.05) is 11.9 Å². The van der Waals surface area contributed by atoms with Crippen LogP contribution in [0.3, 0.4) is 0 Å². The maximum atomic E-state index is 13.5. The molecule has 3 fully saturated rings. The van der Waals surface area contributed by atoms with Crippen LogP contribution >= 0.6 is 11.3 Å². The summed E-state index contributed by atoms with van der Waals surface area (Å²) >= 11 is 1.55. The number of amides is 2. The predicted octanol–water partition coefficient (Wildman–Crippen LogP) is 6.14. The Labute approximate surface area is 225 Å². The number of carbonyl (C=O) groups is 1. The molecule has 3 aliphatic rings. The first-order valence-corrected chi connectivity index (χ1v) is 15.1. The van der Waals surface area contributed by atoms with Crippen LogP contribution in [0.25, 0.3) is 0 Å².